The van der Waals surface area contributed by atoms with Gasteiger partial charge in [-0.15, -0.1) is 0 Å². The number of hydrogen-bond donors (Lipinski definition) is 0. The first-order chi connectivity index (χ1) is 49.8. The average molecular weight is 1290 g/mol. The van der Waals surface area contributed by atoms with Crippen LogP contribution < -0.4 is 52.1 Å². The largest absolute Gasteiger partial charge is 0.459 e. The second-order valence-corrected chi connectivity index (χ2v) is 28.1. The van der Waals surface area contributed by atoms with Gasteiger partial charge in [-0.05, 0) is 119 Å². The van der Waals surface area contributed by atoms with Gasteiger partial charge in [0.05, 0.1) is 16.8 Å². The van der Waals surface area contributed by atoms with Gasteiger partial charge in [-0.3, -0.25) is 0 Å². The lowest BCUT2D eigenvalue weighted by Crippen LogP contribution is -2.65. The minimum Gasteiger partial charge on any atom is -0.459 e. The summed E-state index contributed by atoms with van der Waals surface area (Å²) in [6, 6.07) is 122. The van der Waals surface area contributed by atoms with E-state index in [1.165, 1.54) is 11.0 Å². The number of anilines is 6. The van der Waals surface area contributed by atoms with Crippen LogP contribution >= 0.6 is 0 Å². The van der Waals surface area contributed by atoms with Crippen molar-refractivity contribution in [3.8, 4) is 101 Å². The Labute approximate surface area is 588 Å². The Morgan fingerprint density at radius 1 is 0.287 bits per heavy atom. The molecule has 0 bridgehead atoms. The van der Waals surface area contributed by atoms with Crippen molar-refractivity contribution in [2.45, 2.75) is 26.2 Å². The fourth-order valence-corrected chi connectivity index (χ4v) is 16.7. The summed E-state index contributed by atoms with van der Waals surface area (Å²) in [4.78, 5) is 5.27. The van der Waals surface area contributed by atoms with E-state index in [-0.39, 0.29) is 12.1 Å². The molecule has 5 nitrogen and oxygen atoms in total. The fraction of sp³-hybridized carbons (Fsp3) is 0.0426. The molecule has 0 atom stereocenters. The SMILES string of the molecule is CC(C)(C)c1cc2c3c(c1)N(c1c(-c4ccccc4)cccc1-c1ccccc1)c1cc4c5c(c1B3c1ccc(-c3ccccc3)cc1N2c1c(-c2ccccc2)cccc1-c1ccccc1)Oc1ccc(-c2ccccc2)cc1B5c1cc(-c2ccccc2)c2oc3ccccc3c2c1O4. The summed E-state index contributed by atoms with van der Waals surface area (Å²) < 4.78 is 23.2. The summed E-state index contributed by atoms with van der Waals surface area (Å²) in [5.41, 5.74) is 30.7. The standard InChI is InChI=1S/C94H64B2N2O3/c1-94(2,3)68-55-79-86-80(56-68)98(90-71(63-37-19-8-20-38-63)46-28-47-72(90)64-39-21-9-22-40-64)81-58-84-88-93(87(81)96(86)75-51-49-67(60-31-13-5-14-32-60)54-78(75)97(79)89-69(61-33-15-6-16-34-61)44-27-45-70(89)62-35-17-7-18-36-62)100-83-52-50-66(59-29-11-4-12-30-59)53-76(83)95(88)77-57-74(65-41-23-10-24-42-65)91-85(92(77)101-84)73-43-25-26-48-82(73)99-91/h4-58H,1-3H3. The number of nitrogens with zero attached hydrogens (tertiary/aromatic N) is 2. The van der Waals surface area contributed by atoms with Crippen molar-refractivity contribution >= 4 is 102 Å². The molecule has 15 aromatic carbocycles. The maximum atomic E-state index is 8.12. The second-order valence-electron chi connectivity index (χ2n) is 28.1. The topological polar surface area (TPSA) is 38.1 Å². The first-order valence-electron chi connectivity index (χ1n) is 35.0. The minimum absolute atomic E-state index is 0.349. The van der Waals surface area contributed by atoms with Crippen molar-refractivity contribution in [3.05, 3.63) is 339 Å². The first-order valence-corrected chi connectivity index (χ1v) is 35.0. The predicted molar refractivity (Wildman–Crippen MR) is 422 cm³/mol. The number of hydrogen-bond acceptors (Lipinski definition) is 5. The highest BCUT2D eigenvalue weighted by Crippen LogP contribution is 2.56. The van der Waals surface area contributed by atoms with Crippen LogP contribution in [-0.2, 0) is 5.41 Å². The molecule has 4 aliphatic heterocycles. The number of fused-ring (bicyclic) bond motifs is 13. The normalized spacial score (nSPS) is 13.0. The molecule has 16 aromatic rings. The smallest absolute Gasteiger partial charge is 0.260 e. The van der Waals surface area contributed by atoms with Crippen molar-refractivity contribution in [1.82, 2.24) is 0 Å². The first kappa shape index (κ1) is 58.6. The predicted octanol–water partition coefficient (Wildman–Crippen LogP) is 21.4. The molecule has 0 unspecified atom stereocenters. The van der Waals surface area contributed by atoms with Crippen LogP contribution in [0.5, 0.6) is 23.0 Å². The summed E-state index contributed by atoms with van der Waals surface area (Å²) in [6.07, 6.45) is 0. The summed E-state index contributed by atoms with van der Waals surface area (Å²) in [7, 11) is 0. The Bertz CT molecular complexity index is 5880. The molecule has 1 aromatic heterocycles. The minimum atomic E-state index is -0.405. The molecular formula is C94H64B2N2O3. The van der Waals surface area contributed by atoms with Crippen molar-refractivity contribution in [2.24, 2.45) is 0 Å². The van der Waals surface area contributed by atoms with Crippen LogP contribution in [0, 0.1) is 0 Å². The summed E-state index contributed by atoms with van der Waals surface area (Å²) in [5.74, 6) is 3.09. The maximum Gasteiger partial charge on any atom is 0.260 e. The van der Waals surface area contributed by atoms with Crippen molar-refractivity contribution in [1.29, 1.82) is 0 Å². The van der Waals surface area contributed by atoms with E-state index < -0.39 is 6.71 Å². The molecule has 0 spiro atoms. The lowest BCUT2D eigenvalue weighted by atomic mass is 9.30. The second kappa shape index (κ2) is 23.0. The Balaban J connectivity index is 0.971. The van der Waals surface area contributed by atoms with Crippen LogP contribution in [0.15, 0.2) is 338 Å². The third-order valence-corrected chi connectivity index (χ3v) is 21.3. The molecule has 20 rings (SSSR count). The zero-order valence-corrected chi connectivity index (χ0v) is 56.0. The van der Waals surface area contributed by atoms with E-state index >= 15 is 0 Å². The van der Waals surface area contributed by atoms with E-state index in [2.05, 4.69) is 364 Å². The van der Waals surface area contributed by atoms with Crippen LogP contribution in [0.25, 0.3) is 99.8 Å². The van der Waals surface area contributed by atoms with Gasteiger partial charge in [-0.1, -0.05) is 318 Å². The molecule has 101 heavy (non-hydrogen) atoms. The van der Waals surface area contributed by atoms with E-state index in [1.54, 1.807) is 0 Å². The number of ether oxygens (including phenoxy) is 2. The zero-order chi connectivity index (χ0) is 67.0. The lowest BCUT2D eigenvalue weighted by molar-refractivity contribution is 0.469. The molecule has 5 heterocycles. The monoisotopic (exact) mass is 1290 g/mol. The van der Waals surface area contributed by atoms with Crippen LogP contribution in [0.3, 0.4) is 0 Å². The average Bonchev–Trinajstić information content (AvgIpc) is 0.905. The number of furan rings is 1. The number of rotatable bonds is 9. The zero-order valence-electron chi connectivity index (χ0n) is 56.0. The van der Waals surface area contributed by atoms with Crippen LogP contribution in [0.2, 0.25) is 0 Å². The van der Waals surface area contributed by atoms with E-state index in [4.69, 9.17) is 13.9 Å². The summed E-state index contributed by atoms with van der Waals surface area (Å²) >= 11 is 0. The highest BCUT2D eigenvalue weighted by molar-refractivity contribution is 7.03. The third kappa shape index (κ3) is 9.27. The Morgan fingerprint density at radius 3 is 1.24 bits per heavy atom. The van der Waals surface area contributed by atoms with Gasteiger partial charge >= 0.3 is 0 Å². The van der Waals surface area contributed by atoms with Gasteiger partial charge in [0.1, 0.15) is 34.2 Å². The highest BCUT2D eigenvalue weighted by atomic mass is 16.5. The molecule has 0 saturated carbocycles. The molecule has 4 aliphatic rings. The lowest BCUT2D eigenvalue weighted by Gasteiger charge is -2.48. The molecule has 7 heteroatoms. The summed E-state index contributed by atoms with van der Waals surface area (Å²) in [5, 5.41) is 1.94. The van der Waals surface area contributed by atoms with Crippen molar-refractivity contribution in [2.75, 3.05) is 9.80 Å². The molecule has 0 fully saturated rings. The molecule has 0 amide bonds. The van der Waals surface area contributed by atoms with Gasteiger partial charge in [0.2, 0.25) is 0 Å². The van der Waals surface area contributed by atoms with Gasteiger partial charge in [0, 0.05) is 67.5 Å². The van der Waals surface area contributed by atoms with Crippen LogP contribution in [0.1, 0.15) is 26.3 Å². The molecular weight excluding hydrogens is 1230 g/mol. The fourth-order valence-electron chi connectivity index (χ4n) is 16.7. The molecule has 0 aliphatic carbocycles. The molecule has 0 N–H and O–H groups in total. The molecule has 474 valence electrons. The van der Waals surface area contributed by atoms with E-state index in [0.717, 1.165) is 184 Å². The van der Waals surface area contributed by atoms with Crippen molar-refractivity contribution < 1.29 is 13.9 Å². The van der Waals surface area contributed by atoms with Crippen molar-refractivity contribution in [3.63, 3.8) is 0 Å². The van der Waals surface area contributed by atoms with E-state index in [1.807, 2.05) is 0 Å². The Morgan fingerprint density at radius 2 is 0.723 bits per heavy atom. The van der Waals surface area contributed by atoms with Gasteiger partial charge < -0.3 is 23.7 Å². The maximum absolute atomic E-state index is 8.12. The van der Waals surface area contributed by atoms with Crippen LogP contribution in [-0.4, -0.2) is 13.4 Å². The van der Waals surface area contributed by atoms with Gasteiger partial charge in [0.25, 0.3) is 13.4 Å². The molecule has 0 radical (unpaired) electrons. The number of para-hydroxylation sites is 3. The molecule has 0 saturated heterocycles. The van der Waals surface area contributed by atoms with E-state index in [0.29, 0.717) is 0 Å². The van der Waals surface area contributed by atoms with Gasteiger partial charge in [-0.25, -0.2) is 0 Å². The van der Waals surface area contributed by atoms with Crippen LogP contribution in [0.4, 0.5) is 34.1 Å². The Kier molecular flexibility index (Phi) is 13.4. The van der Waals surface area contributed by atoms with Gasteiger partial charge in [-0.2, -0.15) is 0 Å². The quantitative estimate of drug-likeness (QED) is 0.135. The van der Waals surface area contributed by atoms with E-state index in [9.17, 15) is 0 Å². The highest BCUT2D eigenvalue weighted by Gasteiger charge is 2.52. The van der Waals surface area contributed by atoms with Gasteiger partial charge in [0.15, 0.2) is 0 Å². The number of benzene rings is 15. The third-order valence-electron chi connectivity index (χ3n) is 21.3. The summed E-state index contributed by atoms with van der Waals surface area (Å²) in [6.45, 7) is 6.30. The Hall–Kier alpha value is -12.6.